The minimum Gasteiger partial charge on any atom is -0.481 e. The molecule has 0 spiro atoms. The van der Waals surface area contributed by atoms with Gasteiger partial charge in [-0.25, -0.2) is 0 Å². The molecule has 8 N–H and O–H groups in total. The van der Waals surface area contributed by atoms with Crippen LogP contribution in [0.3, 0.4) is 0 Å². The maximum atomic E-state index is 12.3. The van der Waals surface area contributed by atoms with E-state index in [0.717, 1.165) is 0 Å². The SMILES string of the molecule is CCC(SC[C@H](NC(=O)CC[C@H](N)C(=O)O)C(=O)NCC(=O)O)(C(=O)O)C(C)C(=O)O. The topological polar surface area (TPSA) is 233 Å². The lowest BCUT2D eigenvalue weighted by Crippen LogP contribution is -2.52. The van der Waals surface area contributed by atoms with Gasteiger partial charge >= 0.3 is 23.9 Å². The lowest BCUT2D eigenvalue weighted by molar-refractivity contribution is -0.150. The fourth-order valence-corrected chi connectivity index (χ4v) is 3.89. The summed E-state index contributed by atoms with van der Waals surface area (Å²) in [7, 11) is 0. The molecule has 4 atom stereocenters. The van der Waals surface area contributed by atoms with Gasteiger partial charge in [-0.2, -0.15) is 0 Å². The van der Waals surface area contributed by atoms with Crippen LogP contribution in [0.2, 0.25) is 0 Å². The Morgan fingerprint density at radius 1 is 1.03 bits per heavy atom. The molecule has 14 heteroatoms. The Morgan fingerprint density at radius 2 is 1.61 bits per heavy atom. The van der Waals surface area contributed by atoms with Crippen LogP contribution < -0.4 is 16.4 Å². The summed E-state index contributed by atoms with van der Waals surface area (Å²) in [6.45, 7) is 1.91. The van der Waals surface area contributed by atoms with Gasteiger partial charge in [-0.15, -0.1) is 11.8 Å². The third-order valence-corrected chi connectivity index (χ3v) is 6.36. The molecule has 2 unspecified atom stereocenters. The van der Waals surface area contributed by atoms with Crippen molar-refractivity contribution < 1.29 is 49.2 Å². The average molecular weight is 465 g/mol. The summed E-state index contributed by atoms with van der Waals surface area (Å²) in [5, 5.41) is 40.7. The van der Waals surface area contributed by atoms with Crippen LogP contribution in [-0.2, 0) is 28.8 Å². The molecule has 0 heterocycles. The van der Waals surface area contributed by atoms with Gasteiger partial charge in [0.2, 0.25) is 11.8 Å². The van der Waals surface area contributed by atoms with Crippen molar-refractivity contribution in [2.75, 3.05) is 12.3 Å². The molecule has 0 saturated carbocycles. The Labute approximate surface area is 181 Å². The van der Waals surface area contributed by atoms with Crippen molar-refractivity contribution in [1.29, 1.82) is 0 Å². The number of carbonyl (C=O) groups is 6. The number of hydrogen-bond donors (Lipinski definition) is 7. The zero-order valence-electron chi connectivity index (χ0n) is 17.0. The monoisotopic (exact) mass is 465 g/mol. The Hall–Kier alpha value is -2.87. The maximum Gasteiger partial charge on any atom is 0.322 e. The van der Waals surface area contributed by atoms with E-state index in [2.05, 4.69) is 10.6 Å². The lowest BCUT2D eigenvalue weighted by atomic mass is 9.90. The van der Waals surface area contributed by atoms with E-state index < -0.39 is 65.0 Å². The molecule has 0 aromatic heterocycles. The summed E-state index contributed by atoms with van der Waals surface area (Å²) in [5.41, 5.74) is 5.32. The largest absolute Gasteiger partial charge is 0.481 e. The normalized spacial score (nSPS) is 15.6. The van der Waals surface area contributed by atoms with E-state index >= 15 is 0 Å². The van der Waals surface area contributed by atoms with Crippen LogP contribution in [-0.4, -0.2) is 85.2 Å². The number of hydrogen-bond acceptors (Lipinski definition) is 8. The highest BCUT2D eigenvalue weighted by Gasteiger charge is 2.47. The number of carbonyl (C=O) groups excluding carboxylic acids is 2. The summed E-state index contributed by atoms with van der Waals surface area (Å²) in [6, 6.07) is -2.71. The van der Waals surface area contributed by atoms with Crippen molar-refractivity contribution in [3.05, 3.63) is 0 Å². The second-order valence-electron chi connectivity index (χ2n) is 6.63. The molecule has 0 fully saturated rings. The fraction of sp³-hybridized carbons (Fsp3) is 0.647. The predicted octanol–water partition coefficient (Wildman–Crippen LogP) is -1.45. The molecule has 2 amide bonds. The Morgan fingerprint density at radius 3 is 2.03 bits per heavy atom. The van der Waals surface area contributed by atoms with Crippen LogP contribution in [0, 0.1) is 5.92 Å². The van der Waals surface area contributed by atoms with Gasteiger partial charge in [-0.05, 0) is 19.8 Å². The lowest BCUT2D eigenvalue weighted by Gasteiger charge is -2.32. The van der Waals surface area contributed by atoms with Crippen molar-refractivity contribution in [3.63, 3.8) is 0 Å². The number of thioether (sulfide) groups is 1. The second kappa shape index (κ2) is 12.7. The van der Waals surface area contributed by atoms with Crippen LogP contribution in [0.25, 0.3) is 0 Å². The molecule has 0 aliphatic carbocycles. The van der Waals surface area contributed by atoms with Gasteiger partial charge in [0.05, 0.1) is 5.92 Å². The summed E-state index contributed by atoms with van der Waals surface area (Å²) in [5.74, 6) is -8.87. The van der Waals surface area contributed by atoms with E-state index in [0.29, 0.717) is 11.8 Å². The first-order valence-corrected chi connectivity index (χ1v) is 10.1. The molecule has 31 heavy (non-hydrogen) atoms. The van der Waals surface area contributed by atoms with Crippen molar-refractivity contribution >= 4 is 47.5 Å². The van der Waals surface area contributed by atoms with Gasteiger partial charge in [0.25, 0.3) is 0 Å². The van der Waals surface area contributed by atoms with E-state index in [9.17, 15) is 39.0 Å². The highest BCUT2D eigenvalue weighted by molar-refractivity contribution is 8.01. The minimum atomic E-state index is -1.81. The van der Waals surface area contributed by atoms with E-state index in [-0.39, 0.29) is 25.0 Å². The Bertz CT molecular complexity index is 716. The molecule has 0 rings (SSSR count). The smallest absolute Gasteiger partial charge is 0.322 e. The third kappa shape index (κ3) is 8.80. The van der Waals surface area contributed by atoms with Crippen LogP contribution in [0.4, 0.5) is 0 Å². The molecular weight excluding hydrogens is 438 g/mol. The van der Waals surface area contributed by atoms with Gasteiger partial charge in [0.1, 0.15) is 23.4 Å². The average Bonchev–Trinajstić information content (AvgIpc) is 2.69. The number of nitrogens with two attached hydrogens (primary N) is 1. The van der Waals surface area contributed by atoms with Crippen molar-refractivity contribution in [3.8, 4) is 0 Å². The van der Waals surface area contributed by atoms with Crippen LogP contribution >= 0.6 is 11.8 Å². The molecule has 0 aliphatic rings. The van der Waals surface area contributed by atoms with Crippen LogP contribution in [0.1, 0.15) is 33.1 Å². The number of amides is 2. The first-order chi connectivity index (χ1) is 14.3. The fourth-order valence-electron chi connectivity index (χ4n) is 2.51. The zero-order valence-corrected chi connectivity index (χ0v) is 17.8. The molecule has 176 valence electrons. The van der Waals surface area contributed by atoms with Gasteiger partial charge in [0.15, 0.2) is 0 Å². The number of rotatable bonds is 15. The molecule has 13 nitrogen and oxygen atoms in total. The molecule has 0 aliphatic heterocycles. The highest BCUT2D eigenvalue weighted by atomic mass is 32.2. The van der Waals surface area contributed by atoms with Gasteiger partial charge < -0.3 is 36.8 Å². The number of nitrogens with one attached hydrogen (secondary N) is 2. The van der Waals surface area contributed by atoms with Crippen molar-refractivity contribution in [2.45, 2.75) is 49.9 Å². The minimum absolute atomic E-state index is 0.106. The van der Waals surface area contributed by atoms with Crippen molar-refractivity contribution in [1.82, 2.24) is 10.6 Å². The van der Waals surface area contributed by atoms with Gasteiger partial charge in [-0.3, -0.25) is 28.8 Å². The first kappa shape index (κ1) is 28.1. The molecule has 0 aromatic carbocycles. The summed E-state index contributed by atoms with van der Waals surface area (Å²) in [6.07, 6.45) is -0.697. The second-order valence-corrected chi connectivity index (χ2v) is 7.98. The van der Waals surface area contributed by atoms with E-state index in [1.165, 1.54) is 13.8 Å². The quantitative estimate of drug-likeness (QED) is 0.147. The van der Waals surface area contributed by atoms with E-state index in [1.807, 2.05) is 0 Å². The van der Waals surface area contributed by atoms with Crippen molar-refractivity contribution in [2.24, 2.45) is 11.7 Å². The molecule has 0 bridgehead atoms. The summed E-state index contributed by atoms with van der Waals surface area (Å²) >= 11 is 0.633. The Balaban J connectivity index is 5.49. The number of carboxylic acid groups (broad SMARTS) is 4. The zero-order chi connectivity index (χ0) is 24.4. The maximum absolute atomic E-state index is 12.3. The summed E-state index contributed by atoms with van der Waals surface area (Å²) in [4.78, 5) is 69.1. The number of aliphatic carboxylic acids is 4. The van der Waals surface area contributed by atoms with E-state index in [4.69, 9.17) is 15.9 Å². The molecule has 0 aromatic rings. The van der Waals surface area contributed by atoms with Crippen LogP contribution in [0.15, 0.2) is 0 Å². The van der Waals surface area contributed by atoms with Gasteiger partial charge in [0, 0.05) is 12.2 Å². The van der Waals surface area contributed by atoms with E-state index in [1.54, 1.807) is 0 Å². The molecule has 0 saturated heterocycles. The first-order valence-electron chi connectivity index (χ1n) is 9.15. The van der Waals surface area contributed by atoms with Gasteiger partial charge in [-0.1, -0.05) is 6.92 Å². The third-order valence-electron chi connectivity index (χ3n) is 4.53. The highest BCUT2D eigenvalue weighted by Crippen LogP contribution is 2.37. The predicted molar refractivity (Wildman–Crippen MR) is 107 cm³/mol. The molecule has 0 radical (unpaired) electrons. The number of carboxylic acids is 4. The standard InChI is InChI=1S/C17H27N3O10S/c1-3-17(16(29)30,8(2)14(25)26)31-7-10(13(24)19-6-12(22)23)20-11(21)5-4-9(18)15(27)28/h8-10H,3-7,18H2,1-2H3,(H,19,24)(H,20,21)(H,22,23)(H,25,26)(H,27,28)(H,29,30)/t8?,9-,10-,17?/m0/s1. The Kier molecular flexibility index (Phi) is 11.6. The summed E-state index contributed by atoms with van der Waals surface area (Å²) < 4.78 is -1.81. The van der Waals surface area contributed by atoms with Crippen LogP contribution in [0.5, 0.6) is 0 Å². The molecular formula is C17H27N3O10S.